The number of imidazole rings is 1. The van der Waals surface area contributed by atoms with E-state index in [1.165, 1.54) is 0 Å². The van der Waals surface area contributed by atoms with Crippen LogP contribution in [0.2, 0.25) is 0 Å². The van der Waals surface area contributed by atoms with Crippen LogP contribution in [-0.4, -0.2) is 35.0 Å². The van der Waals surface area contributed by atoms with E-state index in [0.717, 1.165) is 32.0 Å². The molecule has 2 aliphatic rings. The molecule has 0 aromatic carbocycles. The first-order valence-corrected chi connectivity index (χ1v) is 4.65. The first kappa shape index (κ1) is 9.96. The lowest BCUT2D eigenvalue weighted by Crippen LogP contribution is -2.09. The van der Waals surface area contributed by atoms with Crippen LogP contribution in [0.5, 0.6) is 0 Å². The van der Waals surface area contributed by atoms with Crippen molar-refractivity contribution in [1.82, 2.24) is 9.55 Å². The van der Waals surface area contributed by atoms with Gasteiger partial charge < -0.3 is 14.0 Å². The second-order valence-electron chi connectivity index (χ2n) is 3.61. The van der Waals surface area contributed by atoms with Gasteiger partial charge in [-0.25, -0.2) is 4.98 Å². The number of hydrogen-bond acceptors (Lipinski definition) is 3. The molecule has 0 bridgehead atoms. The van der Waals surface area contributed by atoms with E-state index in [1.54, 1.807) is 0 Å². The van der Waals surface area contributed by atoms with Crippen molar-refractivity contribution < 1.29 is 9.47 Å². The van der Waals surface area contributed by atoms with Crippen LogP contribution >= 0.6 is 12.4 Å². The summed E-state index contributed by atoms with van der Waals surface area (Å²) >= 11 is 0. The molecule has 3 heterocycles. The topological polar surface area (TPSA) is 42.9 Å². The number of halogens is 1. The zero-order chi connectivity index (χ0) is 8.67. The van der Waals surface area contributed by atoms with Crippen LogP contribution in [0.25, 0.3) is 0 Å². The third-order valence-corrected chi connectivity index (χ3v) is 2.42. The minimum Gasteiger partial charge on any atom is -0.373 e. The predicted octanol–water partition coefficient (Wildman–Crippen LogP) is 0.645. The first-order valence-electron chi connectivity index (χ1n) is 4.65. The third kappa shape index (κ3) is 2.26. The predicted molar refractivity (Wildman–Crippen MR) is 52.7 cm³/mol. The second-order valence-corrected chi connectivity index (χ2v) is 3.61. The van der Waals surface area contributed by atoms with E-state index < -0.39 is 0 Å². The molecule has 3 rings (SSSR count). The van der Waals surface area contributed by atoms with Gasteiger partial charge in [-0.05, 0) is 0 Å². The molecule has 0 N–H and O–H groups in total. The van der Waals surface area contributed by atoms with Gasteiger partial charge in [0.1, 0.15) is 5.82 Å². The minimum atomic E-state index is 0. The summed E-state index contributed by atoms with van der Waals surface area (Å²) in [5, 5.41) is 0. The molecule has 2 fully saturated rings. The van der Waals surface area contributed by atoms with E-state index in [1.807, 2.05) is 12.4 Å². The number of hydrogen-bond donors (Lipinski definition) is 0. The number of epoxide rings is 2. The van der Waals surface area contributed by atoms with Crippen LogP contribution in [-0.2, 0) is 22.4 Å². The Hall–Kier alpha value is -0.580. The van der Waals surface area contributed by atoms with Crippen molar-refractivity contribution in [2.45, 2.75) is 25.2 Å². The van der Waals surface area contributed by atoms with Gasteiger partial charge >= 0.3 is 0 Å². The Balaban J connectivity index is 0.000000750. The lowest BCUT2D eigenvalue weighted by atomic mass is 10.3. The fourth-order valence-electron chi connectivity index (χ4n) is 1.48. The normalized spacial score (nSPS) is 28.3. The standard InChI is InChI=1S/C9H12N2O2.ClH/c1-2-11(4-8-6-13-8)9(10-1)3-7-5-12-7;/h1-2,7-8H,3-6H2;1H. The van der Waals surface area contributed by atoms with E-state index in [-0.39, 0.29) is 12.4 Å². The van der Waals surface area contributed by atoms with Gasteiger partial charge in [0.25, 0.3) is 0 Å². The molecule has 0 aliphatic carbocycles. The molecule has 14 heavy (non-hydrogen) atoms. The number of ether oxygens (including phenoxy) is 2. The molecule has 0 amide bonds. The van der Waals surface area contributed by atoms with Crippen LogP contribution in [0.4, 0.5) is 0 Å². The van der Waals surface area contributed by atoms with Gasteiger partial charge in [0.15, 0.2) is 0 Å². The van der Waals surface area contributed by atoms with Gasteiger partial charge in [0.05, 0.1) is 32.0 Å². The van der Waals surface area contributed by atoms with Crippen LogP contribution in [0.3, 0.4) is 0 Å². The summed E-state index contributed by atoms with van der Waals surface area (Å²) in [5.74, 6) is 1.12. The van der Waals surface area contributed by atoms with Crippen molar-refractivity contribution in [1.29, 1.82) is 0 Å². The van der Waals surface area contributed by atoms with Crippen LogP contribution in [0.1, 0.15) is 5.82 Å². The Bertz CT molecular complexity index is 279. The highest BCUT2D eigenvalue weighted by molar-refractivity contribution is 5.85. The zero-order valence-electron chi connectivity index (χ0n) is 7.76. The van der Waals surface area contributed by atoms with Crippen molar-refractivity contribution in [2.24, 2.45) is 0 Å². The van der Waals surface area contributed by atoms with Crippen LogP contribution in [0, 0.1) is 0 Å². The fourth-order valence-corrected chi connectivity index (χ4v) is 1.48. The molecule has 1 aromatic heterocycles. The molecular weight excluding hydrogens is 204 g/mol. The van der Waals surface area contributed by atoms with Gasteiger partial charge in [0, 0.05) is 18.8 Å². The Morgan fingerprint density at radius 2 is 2.07 bits per heavy atom. The molecule has 4 nitrogen and oxygen atoms in total. The van der Waals surface area contributed by atoms with E-state index in [0.29, 0.717) is 12.2 Å². The third-order valence-electron chi connectivity index (χ3n) is 2.42. The average molecular weight is 217 g/mol. The molecular formula is C9H13ClN2O2. The summed E-state index contributed by atoms with van der Waals surface area (Å²) in [4.78, 5) is 4.30. The van der Waals surface area contributed by atoms with Gasteiger partial charge in [-0.15, -0.1) is 12.4 Å². The van der Waals surface area contributed by atoms with E-state index in [4.69, 9.17) is 9.47 Å². The molecule has 2 atom stereocenters. The summed E-state index contributed by atoms with van der Waals surface area (Å²) in [6.07, 6.45) is 5.65. The molecule has 5 heteroatoms. The smallest absolute Gasteiger partial charge is 0.111 e. The Kier molecular flexibility index (Phi) is 2.76. The Morgan fingerprint density at radius 1 is 1.36 bits per heavy atom. The maximum Gasteiger partial charge on any atom is 0.111 e. The summed E-state index contributed by atoms with van der Waals surface area (Å²) in [7, 11) is 0. The van der Waals surface area contributed by atoms with Gasteiger partial charge in [0.2, 0.25) is 0 Å². The molecule has 2 saturated heterocycles. The SMILES string of the molecule is Cl.c1cn(CC2CO2)c(CC2CO2)n1. The lowest BCUT2D eigenvalue weighted by molar-refractivity contribution is 0.373. The highest BCUT2D eigenvalue weighted by Gasteiger charge is 2.27. The van der Waals surface area contributed by atoms with Crippen LogP contribution < -0.4 is 0 Å². The minimum absolute atomic E-state index is 0. The molecule has 2 aliphatic heterocycles. The largest absolute Gasteiger partial charge is 0.373 e. The maximum atomic E-state index is 5.18. The van der Waals surface area contributed by atoms with E-state index in [9.17, 15) is 0 Å². The maximum absolute atomic E-state index is 5.18. The van der Waals surface area contributed by atoms with Crippen molar-refractivity contribution in [3.8, 4) is 0 Å². The van der Waals surface area contributed by atoms with Gasteiger partial charge in [-0.3, -0.25) is 0 Å². The van der Waals surface area contributed by atoms with Crippen LogP contribution in [0.15, 0.2) is 12.4 Å². The van der Waals surface area contributed by atoms with Crippen molar-refractivity contribution in [3.05, 3.63) is 18.2 Å². The number of aromatic nitrogens is 2. The summed E-state index contributed by atoms with van der Waals surface area (Å²) in [5.41, 5.74) is 0. The highest BCUT2D eigenvalue weighted by atomic mass is 35.5. The first-order chi connectivity index (χ1) is 6.42. The van der Waals surface area contributed by atoms with E-state index >= 15 is 0 Å². The average Bonchev–Trinajstić information content (AvgIpc) is 2.95. The van der Waals surface area contributed by atoms with E-state index in [2.05, 4.69) is 9.55 Å². The van der Waals surface area contributed by atoms with Gasteiger partial charge in [-0.1, -0.05) is 0 Å². The zero-order valence-corrected chi connectivity index (χ0v) is 8.57. The summed E-state index contributed by atoms with van der Waals surface area (Å²) in [6.45, 7) is 2.74. The number of nitrogens with zero attached hydrogens (tertiary/aromatic N) is 2. The Labute approximate surface area is 88.6 Å². The highest BCUT2D eigenvalue weighted by Crippen LogP contribution is 2.17. The quantitative estimate of drug-likeness (QED) is 0.694. The number of rotatable bonds is 4. The van der Waals surface area contributed by atoms with Crippen molar-refractivity contribution in [2.75, 3.05) is 13.2 Å². The molecule has 0 radical (unpaired) electrons. The molecule has 78 valence electrons. The fraction of sp³-hybridized carbons (Fsp3) is 0.667. The van der Waals surface area contributed by atoms with Crippen molar-refractivity contribution >= 4 is 12.4 Å². The molecule has 2 unspecified atom stereocenters. The summed E-state index contributed by atoms with van der Waals surface area (Å²) < 4.78 is 12.5. The second kappa shape index (κ2) is 3.88. The van der Waals surface area contributed by atoms with Gasteiger partial charge in [-0.2, -0.15) is 0 Å². The van der Waals surface area contributed by atoms with Crippen molar-refractivity contribution in [3.63, 3.8) is 0 Å². The molecule has 0 spiro atoms. The molecule has 0 saturated carbocycles. The monoisotopic (exact) mass is 216 g/mol. The Morgan fingerprint density at radius 3 is 2.71 bits per heavy atom. The summed E-state index contributed by atoms with van der Waals surface area (Å²) in [6, 6.07) is 0. The lowest BCUT2D eigenvalue weighted by Gasteiger charge is -2.03. The molecule has 1 aromatic rings.